The number of nitrogens with one attached hydrogen (secondary N) is 1. The SMILES string of the molecule is CSCCNOC(C)C. The van der Waals surface area contributed by atoms with E-state index in [-0.39, 0.29) is 6.10 Å². The lowest BCUT2D eigenvalue weighted by Gasteiger charge is -2.06. The second-order valence-electron chi connectivity index (χ2n) is 2.05. The largest absolute Gasteiger partial charge is 0.299 e. The third-order valence-corrected chi connectivity index (χ3v) is 1.34. The van der Waals surface area contributed by atoms with Gasteiger partial charge < -0.3 is 0 Å². The minimum atomic E-state index is 0.284. The molecule has 9 heavy (non-hydrogen) atoms. The molecule has 0 aromatic carbocycles. The Hall–Kier alpha value is 0.270. The fourth-order valence-electron chi connectivity index (χ4n) is 0.369. The number of hydroxylamine groups is 1. The van der Waals surface area contributed by atoms with Crippen LogP contribution in [0.4, 0.5) is 0 Å². The predicted molar refractivity (Wildman–Crippen MR) is 42.6 cm³/mol. The molecule has 2 nitrogen and oxygen atoms in total. The van der Waals surface area contributed by atoms with E-state index in [2.05, 4.69) is 11.7 Å². The van der Waals surface area contributed by atoms with Crippen molar-refractivity contribution in [2.75, 3.05) is 18.6 Å². The van der Waals surface area contributed by atoms with Crippen molar-refractivity contribution in [3.63, 3.8) is 0 Å². The Morgan fingerprint density at radius 2 is 2.22 bits per heavy atom. The smallest absolute Gasteiger partial charge is 0.0734 e. The molecule has 0 saturated carbocycles. The number of thioether (sulfide) groups is 1. The average Bonchev–Trinajstić information content (AvgIpc) is 1.80. The summed E-state index contributed by atoms with van der Waals surface area (Å²) in [6, 6.07) is 0. The molecule has 0 unspecified atom stereocenters. The Labute approximate surface area is 61.3 Å². The Bertz CT molecular complexity index is 59.0. The molecule has 3 heteroatoms. The Morgan fingerprint density at radius 3 is 2.67 bits per heavy atom. The summed E-state index contributed by atoms with van der Waals surface area (Å²) < 4.78 is 0. The van der Waals surface area contributed by atoms with Crippen LogP contribution in [0.25, 0.3) is 0 Å². The molecule has 0 bridgehead atoms. The summed E-state index contributed by atoms with van der Waals surface area (Å²) >= 11 is 1.81. The van der Waals surface area contributed by atoms with Crippen molar-refractivity contribution in [3.8, 4) is 0 Å². The minimum Gasteiger partial charge on any atom is -0.299 e. The standard InChI is InChI=1S/C6H15NOS/c1-6(2)8-7-4-5-9-3/h6-7H,4-5H2,1-3H3. The molecule has 0 radical (unpaired) electrons. The summed E-state index contributed by atoms with van der Waals surface area (Å²) in [6.07, 6.45) is 2.36. The van der Waals surface area contributed by atoms with Gasteiger partial charge in [0.25, 0.3) is 0 Å². The lowest BCUT2D eigenvalue weighted by molar-refractivity contribution is -0.00129. The van der Waals surface area contributed by atoms with E-state index in [1.807, 2.05) is 25.6 Å². The molecule has 0 heterocycles. The van der Waals surface area contributed by atoms with Crippen molar-refractivity contribution in [3.05, 3.63) is 0 Å². The zero-order chi connectivity index (χ0) is 7.11. The van der Waals surface area contributed by atoms with E-state index < -0.39 is 0 Å². The molecule has 0 aromatic rings. The van der Waals surface area contributed by atoms with E-state index in [1.54, 1.807) is 0 Å². The molecule has 0 aliphatic carbocycles. The van der Waals surface area contributed by atoms with E-state index in [0.29, 0.717) is 0 Å². The van der Waals surface area contributed by atoms with Crippen LogP contribution in [0.1, 0.15) is 13.8 Å². The van der Waals surface area contributed by atoms with Crippen LogP contribution in [0.15, 0.2) is 0 Å². The van der Waals surface area contributed by atoms with Crippen LogP contribution in [-0.2, 0) is 4.84 Å². The van der Waals surface area contributed by atoms with Crippen LogP contribution >= 0.6 is 11.8 Å². The molecular weight excluding hydrogens is 134 g/mol. The fraction of sp³-hybridized carbons (Fsp3) is 1.00. The first-order valence-electron chi connectivity index (χ1n) is 3.15. The summed E-state index contributed by atoms with van der Waals surface area (Å²) in [4.78, 5) is 5.08. The van der Waals surface area contributed by atoms with Gasteiger partial charge in [-0.2, -0.15) is 11.8 Å². The van der Waals surface area contributed by atoms with Crippen LogP contribution < -0.4 is 5.48 Å². The van der Waals surface area contributed by atoms with Crippen LogP contribution in [0.2, 0.25) is 0 Å². The number of rotatable bonds is 5. The lowest BCUT2D eigenvalue weighted by atomic mass is 10.5. The van der Waals surface area contributed by atoms with E-state index in [1.165, 1.54) is 0 Å². The molecule has 0 aromatic heterocycles. The second-order valence-corrected chi connectivity index (χ2v) is 3.04. The zero-order valence-electron chi connectivity index (χ0n) is 6.31. The highest BCUT2D eigenvalue weighted by Crippen LogP contribution is 1.88. The third-order valence-electron chi connectivity index (χ3n) is 0.727. The summed E-state index contributed by atoms with van der Waals surface area (Å²) in [5.74, 6) is 1.10. The number of hydrogen-bond acceptors (Lipinski definition) is 3. The number of hydrogen-bond donors (Lipinski definition) is 1. The molecule has 0 aliphatic rings. The highest BCUT2D eigenvalue weighted by Gasteiger charge is 1.89. The van der Waals surface area contributed by atoms with Gasteiger partial charge in [0, 0.05) is 12.3 Å². The van der Waals surface area contributed by atoms with Crippen molar-refractivity contribution >= 4 is 11.8 Å². The maximum atomic E-state index is 5.08. The molecular formula is C6H15NOS. The van der Waals surface area contributed by atoms with E-state index in [4.69, 9.17) is 4.84 Å². The van der Waals surface area contributed by atoms with Crippen molar-refractivity contribution in [2.45, 2.75) is 20.0 Å². The molecule has 0 fully saturated rings. The Kier molecular flexibility index (Phi) is 6.58. The normalized spacial score (nSPS) is 10.7. The van der Waals surface area contributed by atoms with Crippen molar-refractivity contribution in [1.29, 1.82) is 0 Å². The first-order valence-corrected chi connectivity index (χ1v) is 4.54. The summed E-state index contributed by atoms with van der Waals surface area (Å²) in [5.41, 5.74) is 2.86. The first kappa shape index (κ1) is 9.27. The van der Waals surface area contributed by atoms with E-state index >= 15 is 0 Å². The van der Waals surface area contributed by atoms with Crippen LogP contribution in [0.3, 0.4) is 0 Å². The molecule has 0 rings (SSSR count). The van der Waals surface area contributed by atoms with E-state index in [9.17, 15) is 0 Å². The molecule has 0 saturated heterocycles. The molecule has 0 amide bonds. The van der Waals surface area contributed by atoms with Crippen LogP contribution in [0.5, 0.6) is 0 Å². The molecule has 0 atom stereocenters. The average molecular weight is 149 g/mol. The van der Waals surface area contributed by atoms with Gasteiger partial charge in [-0.25, -0.2) is 5.48 Å². The monoisotopic (exact) mass is 149 g/mol. The summed E-state index contributed by atoms with van der Waals surface area (Å²) in [5, 5.41) is 0. The van der Waals surface area contributed by atoms with Gasteiger partial charge in [0.1, 0.15) is 0 Å². The van der Waals surface area contributed by atoms with Crippen LogP contribution in [-0.4, -0.2) is 24.7 Å². The van der Waals surface area contributed by atoms with Gasteiger partial charge in [-0.15, -0.1) is 0 Å². The third kappa shape index (κ3) is 8.27. The first-order chi connectivity index (χ1) is 4.27. The minimum absolute atomic E-state index is 0.284. The second kappa shape index (κ2) is 6.39. The van der Waals surface area contributed by atoms with Gasteiger partial charge in [0.05, 0.1) is 6.10 Å². The summed E-state index contributed by atoms with van der Waals surface area (Å²) in [7, 11) is 0. The Balaban J connectivity index is 2.75. The maximum absolute atomic E-state index is 5.08. The predicted octanol–water partition coefficient (Wildman–Crippen LogP) is 1.28. The maximum Gasteiger partial charge on any atom is 0.0734 e. The van der Waals surface area contributed by atoms with Gasteiger partial charge in [-0.1, -0.05) is 0 Å². The molecule has 0 aliphatic heterocycles. The van der Waals surface area contributed by atoms with Gasteiger partial charge in [0.2, 0.25) is 0 Å². The summed E-state index contributed by atoms with van der Waals surface area (Å²) in [6.45, 7) is 4.94. The highest BCUT2D eigenvalue weighted by atomic mass is 32.2. The topological polar surface area (TPSA) is 21.3 Å². The van der Waals surface area contributed by atoms with E-state index in [0.717, 1.165) is 12.3 Å². The lowest BCUT2D eigenvalue weighted by Crippen LogP contribution is -2.21. The molecule has 56 valence electrons. The quantitative estimate of drug-likeness (QED) is 0.470. The Morgan fingerprint density at radius 1 is 1.56 bits per heavy atom. The van der Waals surface area contributed by atoms with Crippen LogP contribution in [0, 0.1) is 0 Å². The van der Waals surface area contributed by atoms with Gasteiger partial charge in [-0.3, -0.25) is 4.84 Å². The van der Waals surface area contributed by atoms with Crippen molar-refractivity contribution in [1.82, 2.24) is 5.48 Å². The zero-order valence-corrected chi connectivity index (χ0v) is 7.12. The fourth-order valence-corrected chi connectivity index (χ4v) is 0.657. The van der Waals surface area contributed by atoms with Crippen molar-refractivity contribution < 1.29 is 4.84 Å². The van der Waals surface area contributed by atoms with Crippen molar-refractivity contribution in [2.24, 2.45) is 0 Å². The molecule has 1 N–H and O–H groups in total. The van der Waals surface area contributed by atoms with Gasteiger partial charge in [-0.05, 0) is 20.1 Å². The molecule has 0 spiro atoms. The van der Waals surface area contributed by atoms with Gasteiger partial charge in [0.15, 0.2) is 0 Å². The highest BCUT2D eigenvalue weighted by molar-refractivity contribution is 7.98. The van der Waals surface area contributed by atoms with Gasteiger partial charge >= 0.3 is 0 Å².